The molecule has 1 aliphatic rings. The van der Waals surface area contributed by atoms with Crippen LogP contribution in [0.4, 0.5) is 5.82 Å². The van der Waals surface area contributed by atoms with Gasteiger partial charge in [0.15, 0.2) is 0 Å². The second-order valence-electron chi connectivity index (χ2n) is 7.37. The van der Waals surface area contributed by atoms with E-state index in [1.807, 2.05) is 16.9 Å². The minimum absolute atomic E-state index is 0.224. The molecule has 0 bridgehead atoms. The van der Waals surface area contributed by atoms with Gasteiger partial charge in [0.25, 0.3) is 5.91 Å². The number of amides is 1. The monoisotopic (exact) mass is 403 g/mol. The van der Waals surface area contributed by atoms with E-state index in [2.05, 4.69) is 30.4 Å². The van der Waals surface area contributed by atoms with Crippen molar-refractivity contribution in [1.29, 1.82) is 0 Å². The lowest BCUT2D eigenvalue weighted by molar-refractivity contribution is 0.102. The number of anilines is 1. The van der Waals surface area contributed by atoms with Crippen LogP contribution in [0.3, 0.4) is 0 Å². The molecule has 2 N–H and O–H groups in total. The van der Waals surface area contributed by atoms with E-state index in [0.717, 1.165) is 29.4 Å². The van der Waals surface area contributed by atoms with Crippen molar-refractivity contribution in [1.82, 2.24) is 29.7 Å². The SMILES string of the molecule is COc1nccc(-c2cc3cnc(NC(=O)c4cnn(C5CCCC5)c4)cc3[nH]2)n1. The van der Waals surface area contributed by atoms with Crippen LogP contribution in [-0.4, -0.2) is 42.7 Å². The van der Waals surface area contributed by atoms with E-state index in [0.29, 0.717) is 29.1 Å². The zero-order chi connectivity index (χ0) is 20.5. The molecule has 152 valence electrons. The van der Waals surface area contributed by atoms with Crippen LogP contribution in [-0.2, 0) is 0 Å². The summed E-state index contributed by atoms with van der Waals surface area (Å²) >= 11 is 0. The molecule has 0 aliphatic heterocycles. The normalized spacial score (nSPS) is 14.3. The highest BCUT2D eigenvalue weighted by Gasteiger charge is 2.19. The third kappa shape index (κ3) is 3.49. The van der Waals surface area contributed by atoms with Gasteiger partial charge in [-0.2, -0.15) is 10.1 Å². The Hall–Kier alpha value is -3.75. The molecule has 4 heterocycles. The van der Waals surface area contributed by atoms with E-state index in [1.54, 1.807) is 30.7 Å². The third-order valence-corrected chi connectivity index (χ3v) is 5.40. The van der Waals surface area contributed by atoms with Crippen molar-refractivity contribution in [3.63, 3.8) is 0 Å². The fraction of sp³-hybridized carbons (Fsp3) is 0.286. The van der Waals surface area contributed by atoms with E-state index in [1.165, 1.54) is 20.0 Å². The zero-order valence-corrected chi connectivity index (χ0v) is 16.5. The predicted molar refractivity (Wildman–Crippen MR) is 111 cm³/mol. The number of aromatic nitrogens is 6. The fourth-order valence-corrected chi connectivity index (χ4v) is 3.83. The Labute approximate surface area is 172 Å². The largest absolute Gasteiger partial charge is 0.467 e. The number of pyridine rings is 1. The summed E-state index contributed by atoms with van der Waals surface area (Å²) in [5.74, 6) is 0.244. The Kier molecular flexibility index (Phi) is 4.62. The van der Waals surface area contributed by atoms with E-state index in [4.69, 9.17) is 4.74 Å². The number of ether oxygens (including phenoxy) is 1. The molecule has 1 saturated carbocycles. The van der Waals surface area contributed by atoms with Crippen molar-refractivity contribution in [2.24, 2.45) is 0 Å². The minimum atomic E-state index is -0.224. The molecule has 4 aromatic rings. The topological polar surface area (TPSA) is 111 Å². The van der Waals surface area contributed by atoms with E-state index >= 15 is 0 Å². The first kappa shape index (κ1) is 18.3. The number of nitrogens with zero attached hydrogens (tertiary/aromatic N) is 5. The lowest BCUT2D eigenvalue weighted by Gasteiger charge is -2.08. The van der Waals surface area contributed by atoms with Gasteiger partial charge in [0, 0.05) is 30.0 Å². The summed E-state index contributed by atoms with van der Waals surface area (Å²) in [7, 11) is 1.53. The van der Waals surface area contributed by atoms with Gasteiger partial charge in [0.2, 0.25) is 0 Å². The summed E-state index contributed by atoms with van der Waals surface area (Å²) in [6.45, 7) is 0. The van der Waals surface area contributed by atoms with Crippen LogP contribution in [0.5, 0.6) is 6.01 Å². The number of aromatic amines is 1. The molecule has 4 aromatic heterocycles. The Morgan fingerprint density at radius 3 is 2.93 bits per heavy atom. The number of rotatable bonds is 5. The minimum Gasteiger partial charge on any atom is -0.467 e. The van der Waals surface area contributed by atoms with Gasteiger partial charge in [-0.3, -0.25) is 9.48 Å². The second-order valence-corrected chi connectivity index (χ2v) is 7.37. The summed E-state index contributed by atoms with van der Waals surface area (Å²) in [6, 6.07) is 6.25. The number of carbonyl (C=O) groups is 1. The number of carbonyl (C=O) groups excluding carboxylic acids is 1. The summed E-state index contributed by atoms with van der Waals surface area (Å²) in [5, 5.41) is 8.13. The molecule has 0 unspecified atom stereocenters. The summed E-state index contributed by atoms with van der Waals surface area (Å²) < 4.78 is 7.00. The highest BCUT2D eigenvalue weighted by atomic mass is 16.5. The summed E-state index contributed by atoms with van der Waals surface area (Å²) in [5.41, 5.74) is 2.90. The molecule has 0 saturated heterocycles. The zero-order valence-electron chi connectivity index (χ0n) is 16.5. The van der Waals surface area contributed by atoms with Gasteiger partial charge < -0.3 is 15.0 Å². The van der Waals surface area contributed by atoms with E-state index < -0.39 is 0 Å². The average Bonchev–Trinajstić information content (AvgIpc) is 3.53. The first-order chi connectivity index (χ1) is 14.7. The third-order valence-electron chi connectivity index (χ3n) is 5.40. The van der Waals surface area contributed by atoms with Gasteiger partial charge in [-0.05, 0) is 25.0 Å². The first-order valence-electron chi connectivity index (χ1n) is 9.91. The number of hydrogen-bond donors (Lipinski definition) is 2. The summed E-state index contributed by atoms with van der Waals surface area (Å²) in [6.07, 6.45) is 11.5. The van der Waals surface area contributed by atoms with Gasteiger partial charge >= 0.3 is 6.01 Å². The molecule has 0 atom stereocenters. The van der Waals surface area contributed by atoms with Crippen LogP contribution in [0, 0.1) is 0 Å². The number of nitrogens with one attached hydrogen (secondary N) is 2. The lowest BCUT2D eigenvalue weighted by atomic mass is 10.2. The van der Waals surface area contributed by atoms with Crippen LogP contribution >= 0.6 is 0 Å². The molecule has 0 spiro atoms. The fourth-order valence-electron chi connectivity index (χ4n) is 3.83. The van der Waals surface area contributed by atoms with Crippen molar-refractivity contribution in [3.8, 4) is 17.4 Å². The Balaban J connectivity index is 1.35. The highest BCUT2D eigenvalue weighted by molar-refractivity contribution is 6.04. The van der Waals surface area contributed by atoms with Crippen molar-refractivity contribution < 1.29 is 9.53 Å². The molecule has 9 heteroatoms. The molecule has 5 rings (SSSR count). The van der Waals surface area contributed by atoms with Gasteiger partial charge in [0.1, 0.15) is 5.82 Å². The van der Waals surface area contributed by atoms with Crippen LogP contribution in [0.2, 0.25) is 0 Å². The maximum atomic E-state index is 12.6. The summed E-state index contributed by atoms with van der Waals surface area (Å²) in [4.78, 5) is 28.7. The van der Waals surface area contributed by atoms with Gasteiger partial charge in [-0.1, -0.05) is 12.8 Å². The quantitative estimate of drug-likeness (QED) is 0.527. The Morgan fingerprint density at radius 1 is 1.23 bits per heavy atom. The van der Waals surface area contributed by atoms with E-state index in [-0.39, 0.29) is 5.91 Å². The van der Waals surface area contributed by atoms with Crippen LogP contribution in [0.25, 0.3) is 22.3 Å². The lowest BCUT2D eigenvalue weighted by Crippen LogP contribution is -2.12. The standard InChI is InChI=1S/C21H21N7O2/c1-30-21-22-7-6-16(26-21)18-8-13-10-23-19(9-17(13)25-18)27-20(29)14-11-24-28(12-14)15-4-2-3-5-15/h6-12,15,25H,2-5H2,1H3,(H,23,27,29). The van der Waals surface area contributed by atoms with Crippen LogP contribution in [0.1, 0.15) is 42.1 Å². The molecule has 9 nitrogen and oxygen atoms in total. The van der Waals surface area contributed by atoms with Crippen LogP contribution < -0.4 is 10.1 Å². The average molecular weight is 403 g/mol. The highest BCUT2D eigenvalue weighted by Crippen LogP contribution is 2.29. The second kappa shape index (κ2) is 7.58. The molecule has 1 fully saturated rings. The molecule has 0 radical (unpaired) electrons. The van der Waals surface area contributed by atoms with Crippen molar-refractivity contribution in [3.05, 3.63) is 48.5 Å². The number of methoxy groups -OCH3 is 1. The molecule has 30 heavy (non-hydrogen) atoms. The number of fused-ring (bicyclic) bond motifs is 1. The maximum Gasteiger partial charge on any atom is 0.316 e. The predicted octanol–water partition coefficient (Wildman–Crippen LogP) is 3.59. The van der Waals surface area contributed by atoms with Crippen molar-refractivity contribution in [2.45, 2.75) is 31.7 Å². The molecule has 1 amide bonds. The van der Waals surface area contributed by atoms with E-state index in [9.17, 15) is 4.79 Å². The van der Waals surface area contributed by atoms with Crippen LogP contribution in [0.15, 0.2) is 43.0 Å². The smallest absolute Gasteiger partial charge is 0.316 e. The Morgan fingerprint density at radius 2 is 2.10 bits per heavy atom. The first-order valence-corrected chi connectivity index (χ1v) is 9.91. The van der Waals surface area contributed by atoms with Gasteiger partial charge in [-0.25, -0.2) is 9.97 Å². The van der Waals surface area contributed by atoms with Crippen molar-refractivity contribution >= 4 is 22.6 Å². The van der Waals surface area contributed by atoms with Gasteiger partial charge in [0.05, 0.1) is 41.8 Å². The maximum absolute atomic E-state index is 12.6. The van der Waals surface area contributed by atoms with Crippen molar-refractivity contribution in [2.75, 3.05) is 12.4 Å². The molecular weight excluding hydrogens is 382 g/mol. The molecule has 1 aliphatic carbocycles. The molecular formula is C21H21N7O2. The number of hydrogen-bond acceptors (Lipinski definition) is 6. The molecule has 0 aromatic carbocycles. The number of H-pyrrole nitrogens is 1. The van der Waals surface area contributed by atoms with Gasteiger partial charge in [-0.15, -0.1) is 0 Å². The Bertz CT molecular complexity index is 1210.